The fraction of sp³-hybridized carbons (Fsp3) is 0.571. The van der Waals surface area contributed by atoms with Crippen molar-refractivity contribution in [3.8, 4) is 0 Å². The zero-order valence-corrected chi connectivity index (χ0v) is 10.9. The monoisotopic (exact) mass is 239 g/mol. The van der Waals surface area contributed by atoms with Crippen molar-refractivity contribution in [1.29, 1.82) is 0 Å². The molecule has 3 heteroatoms. The maximum atomic E-state index is 13.2. The number of aryl methyl sites for hydroxylation is 1. The highest BCUT2D eigenvalue weighted by molar-refractivity contribution is 5.44. The molecule has 0 fully saturated rings. The lowest BCUT2D eigenvalue weighted by Crippen LogP contribution is -2.11. The highest BCUT2D eigenvalue weighted by Crippen LogP contribution is 2.13. The highest BCUT2D eigenvalue weighted by atomic mass is 19.1. The van der Waals surface area contributed by atoms with Gasteiger partial charge in [0.25, 0.3) is 0 Å². The summed E-state index contributed by atoms with van der Waals surface area (Å²) in [6, 6.07) is 5.17. The van der Waals surface area contributed by atoms with Crippen LogP contribution in [-0.2, 0) is 4.74 Å². The second-order valence-electron chi connectivity index (χ2n) is 4.69. The molecule has 1 aromatic rings. The molecule has 0 aliphatic rings. The van der Waals surface area contributed by atoms with Crippen molar-refractivity contribution in [2.75, 3.05) is 25.1 Å². The van der Waals surface area contributed by atoms with Gasteiger partial charge < -0.3 is 10.1 Å². The predicted molar refractivity (Wildman–Crippen MR) is 69.9 cm³/mol. The fourth-order valence-corrected chi connectivity index (χ4v) is 1.39. The minimum Gasteiger partial charge on any atom is -0.383 e. The largest absolute Gasteiger partial charge is 0.383 e. The van der Waals surface area contributed by atoms with Crippen LogP contribution in [0.1, 0.15) is 25.8 Å². The average Bonchev–Trinajstić information content (AvgIpc) is 2.27. The summed E-state index contributed by atoms with van der Waals surface area (Å²) in [4.78, 5) is 0. The first-order chi connectivity index (χ1) is 8.09. The van der Waals surface area contributed by atoms with Crippen molar-refractivity contribution < 1.29 is 9.13 Å². The van der Waals surface area contributed by atoms with Gasteiger partial charge in [0.2, 0.25) is 0 Å². The molecule has 17 heavy (non-hydrogen) atoms. The van der Waals surface area contributed by atoms with E-state index in [0.29, 0.717) is 24.6 Å². The van der Waals surface area contributed by atoms with E-state index in [9.17, 15) is 4.39 Å². The van der Waals surface area contributed by atoms with Crippen LogP contribution in [0.4, 0.5) is 10.1 Å². The Morgan fingerprint density at radius 3 is 2.71 bits per heavy atom. The molecule has 0 aliphatic carbocycles. The van der Waals surface area contributed by atoms with Crippen LogP contribution in [0.2, 0.25) is 0 Å². The zero-order chi connectivity index (χ0) is 12.7. The third-order valence-corrected chi connectivity index (χ3v) is 2.59. The lowest BCUT2D eigenvalue weighted by molar-refractivity contribution is 0.132. The molecule has 0 aromatic heterocycles. The van der Waals surface area contributed by atoms with E-state index in [1.54, 1.807) is 13.0 Å². The highest BCUT2D eigenvalue weighted by Gasteiger charge is 1.98. The molecule has 96 valence electrons. The number of nitrogens with one attached hydrogen (secondary N) is 1. The molecule has 1 N–H and O–H groups in total. The third-order valence-electron chi connectivity index (χ3n) is 2.59. The number of hydrogen-bond acceptors (Lipinski definition) is 2. The second kappa shape index (κ2) is 7.28. The Morgan fingerprint density at radius 2 is 2.06 bits per heavy atom. The molecule has 0 spiro atoms. The van der Waals surface area contributed by atoms with Gasteiger partial charge in [0, 0.05) is 18.8 Å². The molecular weight excluding hydrogens is 217 g/mol. The van der Waals surface area contributed by atoms with Crippen LogP contribution >= 0.6 is 0 Å². The SMILES string of the molecule is Cc1ccc(NCCOCCC(C)C)cc1F. The molecule has 0 saturated carbocycles. The van der Waals surface area contributed by atoms with Crippen molar-refractivity contribution in [3.05, 3.63) is 29.6 Å². The lowest BCUT2D eigenvalue weighted by Gasteiger charge is -2.09. The standard InChI is InChI=1S/C14H22FNO/c1-11(2)6-8-17-9-7-16-13-5-4-12(3)14(15)10-13/h4-5,10-11,16H,6-9H2,1-3H3. The van der Waals surface area contributed by atoms with Crippen LogP contribution in [-0.4, -0.2) is 19.8 Å². The fourth-order valence-electron chi connectivity index (χ4n) is 1.39. The van der Waals surface area contributed by atoms with Gasteiger partial charge in [-0.1, -0.05) is 19.9 Å². The molecule has 0 radical (unpaired) electrons. The summed E-state index contributed by atoms with van der Waals surface area (Å²) in [5, 5.41) is 3.14. The van der Waals surface area contributed by atoms with Gasteiger partial charge in [0.15, 0.2) is 0 Å². The Morgan fingerprint density at radius 1 is 1.29 bits per heavy atom. The van der Waals surface area contributed by atoms with Gasteiger partial charge in [-0.25, -0.2) is 4.39 Å². The van der Waals surface area contributed by atoms with Gasteiger partial charge in [0.05, 0.1) is 6.61 Å². The summed E-state index contributed by atoms with van der Waals surface area (Å²) in [5.41, 5.74) is 1.48. The molecule has 0 unspecified atom stereocenters. The minimum atomic E-state index is -0.171. The van der Waals surface area contributed by atoms with E-state index in [2.05, 4.69) is 19.2 Å². The number of ether oxygens (including phenoxy) is 1. The van der Waals surface area contributed by atoms with Crippen LogP contribution < -0.4 is 5.32 Å². The molecule has 0 bridgehead atoms. The molecule has 0 aliphatic heterocycles. The van der Waals surface area contributed by atoms with E-state index in [4.69, 9.17) is 4.74 Å². The summed E-state index contributed by atoms with van der Waals surface area (Å²) in [5.74, 6) is 0.505. The topological polar surface area (TPSA) is 21.3 Å². The van der Waals surface area contributed by atoms with Gasteiger partial charge >= 0.3 is 0 Å². The Labute approximate surface area is 103 Å². The number of hydrogen-bond donors (Lipinski definition) is 1. The van der Waals surface area contributed by atoms with Gasteiger partial charge in [-0.3, -0.25) is 0 Å². The van der Waals surface area contributed by atoms with Gasteiger partial charge in [0.1, 0.15) is 5.82 Å². The Hall–Kier alpha value is -1.09. The average molecular weight is 239 g/mol. The van der Waals surface area contributed by atoms with E-state index in [1.807, 2.05) is 6.07 Å². The lowest BCUT2D eigenvalue weighted by atomic mass is 10.1. The van der Waals surface area contributed by atoms with E-state index in [0.717, 1.165) is 18.7 Å². The first-order valence-electron chi connectivity index (χ1n) is 6.17. The van der Waals surface area contributed by atoms with Crippen LogP contribution in [0.5, 0.6) is 0 Å². The molecule has 1 rings (SSSR count). The molecule has 2 nitrogen and oxygen atoms in total. The first kappa shape index (κ1) is 14.0. The minimum absolute atomic E-state index is 0.171. The summed E-state index contributed by atoms with van der Waals surface area (Å²) in [6.45, 7) is 8.27. The maximum absolute atomic E-state index is 13.2. The van der Waals surface area contributed by atoms with Gasteiger partial charge in [-0.15, -0.1) is 0 Å². The smallest absolute Gasteiger partial charge is 0.128 e. The third kappa shape index (κ3) is 5.68. The second-order valence-corrected chi connectivity index (χ2v) is 4.69. The van der Waals surface area contributed by atoms with E-state index in [1.165, 1.54) is 6.07 Å². The van der Waals surface area contributed by atoms with Crippen molar-refractivity contribution >= 4 is 5.69 Å². The first-order valence-corrected chi connectivity index (χ1v) is 6.17. The molecule has 0 atom stereocenters. The van der Waals surface area contributed by atoms with E-state index < -0.39 is 0 Å². The van der Waals surface area contributed by atoms with Crippen molar-refractivity contribution in [2.45, 2.75) is 27.2 Å². The van der Waals surface area contributed by atoms with Gasteiger partial charge in [-0.05, 0) is 37.0 Å². The summed E-state index contributed by atoms with van der Waals surface area (Å²) in [7, 11) is 0. The van der Waals surface area contributed by atoms with Crippen LogP contribution in [0.3, 0.4) is 0 Å². The van der Waals surface area contributed by atoms with Crippen LogP contribution in [0, 0.1) is 18.7 Å². The molecular formula is C14H22FNO. The Kier molecular flexibility index (Phi) is 5.98. The normalized spacial score (nSPS) is 10.9. The van der Waals surface area contributed by atoms with E-state index >= 15 is 0 Å². The molecule has 0 heterocycles. The summed E-state index contributed by atoms with van der Waals surface area (Å²) in [6.07, 6.45) is 1.08. The summed E-state index contributed by atoms with van der Waals surface area (Å²) < 4.78 is 18.7. The Bertz CT molecular complexity index is 339. The quantitative estimate of drug-likeness (QED) is 0.734. The van der Waals surface area contributed by atoms with E-state index in [-0.39, 0.29) is 5.82 Å². The Balaban J connectivity index is 2.16. The zero-order valence-electron chi connectivity index (χ0n) is 10.9. The van der Waals surface area contributed by atoms with Crippen LogP contribution in [0.25, 0.3) is 0 Å². The van der Waals surface area contributed by atoms with Gasteiger partial charge in [-0.2, -0.15) is 0 Å². The summed E-state index contributed by atoms with van der Waals surface area (Å²) >= 11 is 0. The number of anilines is 1. The number of rotatable bonds is 7. The van der Waals surface area contributed by atoms with Crippen molar-refractivity contribution in [3.63, 3.8) is 0 Å². The molecule has 0 saturated heterocycles. The predicted octanol–water partition coefficient (Wildman–Crippen LogP) is 3.61. The van der Waals surface area contributed by atoms with Crippen LogP contribution in [0.15, 0.2) is 18.2 Å². The maximum Gasteiger partial charge on any atom is 0.128 e. The van der Waals surface area contributed by atoms with Crippen molar-refractivity contribution in [2.24, 2.45) is 5.92 Å². The molecule has 0 amide bonds. The number of halogens is 1. The molecule has 1 aromatic carbocycles. The number of benzene rings is 1. The van der Waals surface area contributed by atoms with Crippen molar-refractivity contribution in [1.82, 2.24) is 0 Å².